The topological polar surface area (TPSA) is 20.3 Å². The summed E-state index contributed by atoms with van der Waals surface area (Å²) < 4.78 is 0. The van der Waals surface area contributed by atoms with Crippen LogP contribution in [0.2, 0.25) is 0 Å². The number of likely N-dealkylation sites (tertiary alicyclic amines) is 1. The van der Waals surface area contributed by atoms with Gasteiger partial charge in [0.15, 0.2) is 0 Å². The number of amides is 1. The van der Waals surface area contributed by atoms with E-state index in [2.05, 4.69) is 19.2 Å². The van der Waals surface area contributed by atoms with Gasteiger partial charge >= 0.3 is 0 Å². The summed E-state index contributed by atoms with van der Waals surface area (Å²) in [6, 6.07) is 0.395. The highest BCUT2D eigenvalue weighted by Crippen LogP contribution is 2.16. The molecule has 60 valence electrons. The fourth-order valence-corrected chi connectivity index (χ4v) is 1.43. The first-order chi connectivity index (χ1) is 5.25. The highest BCUT2D eigenvalue weighted by molar-refractivity contribution is 5.87. The second-order valence-electron chi connectivity index (χ2n) is 2.87. The van der Waals surface area contributed by atoms with Crippen molar-refractivity contribution >= 4 is 5.91 Å². The molecule has 1 heterocycles. The molecule has 0 radical (unpaired) electrons. The Kier molecular flexibility index (Phi) is 2.50. The minimum atomic E-state index is 0.0463. The van der Waals surface area contributed by atoms with Gasteiger partial charge in [-0.3, -0.25) is 4.79 Å². The highest BCUT2D eigenvalue weighted by Gasteiger charge is 2.22. The summed E-state index contributed by atoms with van der Waals surface area (Å²) >= 11 is 0. The standard InChI is InChI=1S/C9H13NO/c1-3-5-9(11)10-7-4-6-8(10)2/h5,8H,1,4,6-7H2,2H3/t8-/m0/s1. The normalized spacial score (nSPS) is 23.0. The molecule has 1 atom stereocenters. The summed E-state index contributed by atoms with van der Waals surface area (Å²) in [5.74, 6) is 0.0463. The van der Waals surface area contributed by atoms with E-state index in [1.807, 2.05) is 4.90 Å². The van der Waals surface area contributed by atoms with Gasteiger partial charge in [0.2, 0.25) is 0 Å². The Morgan fingerprint density at radius 3 is 3.00 bits per heavy atom. The molecule has 1 aliphatic rings. The lowest BCUT2D eigenvalue weighted by atomic mass is 10.2. The van der Waals surface area contributed by atoms with Crippen molar-refractivity contribution in [2.75, 3.05) is 6.54 Å². The number of rotatable bonds is 1. The lowest BCUT2D eigenvalue weighted by Gasteiger charge is -2.18. The van der Waals surface area contributed by atoms with E-state index in [1.165, 1.54) is 6.08 Å². The number of hydrogen-bond donors (Lipinski definition) is 0. The van der Waals surface area contributed by atoms with E-state index in [0.717, 1.165) is 19.4 Å². The van der Waals surface area contributed by atoms with E-state index in [9.17, 15) is 4.79 Å². The van der Waals surface area contributed by atoms with E-state index in [-0.39, 0.29) is 5.91 Å². The van der Waals surface area contributed by atoms with Gasteiger partial charge in [0.1, 0.15) is 0 Å². The van der Waals surface area contributed by atoms with Crippen LogP contribution in [-0.2, 0) is 4.79 Å². The maximum absolute atomic E-state index is 11.2. The van der Waals surface area contributed by atoms with Crippen LogP contribution in [0.25, 0.3) is 0 Å². The summed E-state index contributed by atoms with van der Waals surface area (Å²) in [6.07, 6.45) is 3.65. The molecule has 1 fully saturated rings. The number of nitrogens with zero attached hydrogens (tertiary/aromatic N) is 1. The first-order valence-electron chi connectivity index (χ1n) is 3.92. The molecule has 0 aromatic carbocycles. The SMILES string of the molecule is C=C=CC(=O)N1CCC[C@@H]1C. The van der Waals surface area contributed by atoms with Crippen molar-refractivity contribution in [3.05, 3.63) is 18.4 Å². The average molecular weight is 151 g/mol. The Morgan fingerprint density at radius 2 is 2.55 bits per heavy atom. The fraction of sp³-hybridized carbons (Fsp3) is 0.556. The van der Waals surface area contributed by atoms with Crippen molar-refractivity contribution in [1.29, 1.82) is 0 Å². The van der Waals surface area contributed by atoms with Gasteiger partial charge in [-0.1, -0.05) is 6.58 Å². The summed E-state index contributed by atoms with van der Waals surface area (Å²) in [4.78, 5) is 13.1. The Hall–Kier alpha value is -1.01. The fourth-order valence-electron chi connectivity index (χ4n) is 1.43. The van der Waals surface area contributed by atoms with Gasteiger partial charge < -0.3 is 4.90 Å². The molecule has 2 heteroatoms. The Labute approximate surface area is 67.2 Å². The molecule has 0 saturated carbocycles. The third-order valence-electron chi connectivity index (χ3n) is 2.06. The van der Waals surface area contributed by atoms with Crippen LogP contribution >= 0.6 is 0 Å². The predicted octanol–water partition coefficient (Wildman–Crippen LogP) is 1.34. The summed E-state index contributed by atoms with van der Waals surface area (Å²) in [7, 11) is 0. The van der Waals surface area contributed by atoms with Crippen LogP contribution in [0.15, 0.2) is 18.4 Å². The van der Waals surface area contributed by atoms with Crippen LogP contribution in [0, 0.1) is 0 Å². The van der Waals surface area contributed by atoms with Crippen LogP contribution in [0.4, 0.5) is 0 Å². The number of carbonyl (C=O) groups excluding carboxylic acids is 1. The van der Waals surface area contributed by atoms with E-state index in [1.54, 1.807) is 0 Å². The zero-order valence-corrected chi connectivity index (χ0v) is 6.84. The van der Waals surface area contributed by atoms with E-state index < -0.39 is 0 Å². The monoisotopic (exact) mass is 151 g/mol. The van der Waals surface area contributed by atoms with E-state index in [0.29, 0.717) is 6.04 Å². The van der Waals surface area contributed by atoms with Crippen molar-refractivity contribution < 1.29 is 4.79 Å². The van der Waals surface area contributed by atoms with Gasteiger partial charge in [-0.25, -0.2) is 0 Å². The second kappa shape index (κ2) is 3.40. The van der Waals surface area contributed by atoms with E-state index >= 15 is 0 Å². The lowest BCUT2D eigenvalue weighted by molar-refractivity contribution is -0.126. The molecule has 1 aliphatic heterocycles. The van der Waals surface area contributed by atoms with E-state index in [4.69, 9.17) is 0 Å². The third-order valence-corrected chi connectivity index (χ3v) is 2.06. The summed E-state index contributed by atoms with van der Waals surface area (Å²) in [6.45, 7) is 6.33. The van der Waals surface area contributed by atoms with Gasteiger partial charge in [0.25, 0.3) is 5.91 Å². The highest BCUT2D eigenvalue weighted by atomic mass is 16.2. The summed E-state index contributed by atoms with van der Waals surface area (Å²) in [5.41, 5.74) is 2.50. The minimum absolute atomic E-state index is 0.0463. The molecule has 0 unspecified atom stereocenters. The molecule has 0 aliphatic carbocycles. The molecular weight excluding hydrogens is 138 g/mol. The van der Waals surface area contributed by atoms with Gasteiger partial charge in [0.05, 0.1) is 0 Å². The second-order valence-corrected chi connectivity index (χ2v) is 2.87. The quantitative estimate of drug-likeness (QED) is 0.409. The van der Waals surface area contributed by atoms with Crippen LogP contribution in [-0.4, -0.2) is 23.4 Å². The minimum Gasteiger partial charge on any atom is -0.336 e. The molecule has 0 N–H and O–H groups in total. The zero-order valence-electron chi connectivity index (χ0n) is 6.84. The molecular formula is C9H13NO. The van der Waals surface area contributed by atoms with Crippen LogP contribution in [0.5, 0.6) is 0 Å². The number of hydrogen-bond acceptors (Lipinski definition) is 1. The molecule has 0 bridgehead atoms. The van der Waals surface area contributed by atoms with Crippen LogP contribution in [0.1, 0.15) is 19.8 Å². The first-order valence-corrected chi connectivity index (χ1v) is 3.92. The largest absolute Gasteiger partial charge is 0.336 e. The smallest absolute Gasteiger partial charge is 0.254 e. The zero-order chi connectivity index (χ0) is 8.27. The molecule has 0 aromatic heterocycles. The van der Waals surface area contributed by atoms with Gasteiger partial charge in [-0.2, -0.15) is 0 Å². The van der Waals surface area contributed by atoms with Gasteiger partial charge in [-0.15, -0.1) is 5.73 Å². The lowest BCUT2D eigenvalue weighted by Crippen LogP contribution is -2.31. The molecule has 0 spiro atoms. The summed E-state index contributed by atoms with van der Waals surface area (Å²) in [5, 5.41) is 0. The Bertz CT molecular complexity index is 204. The molecule has 1 amide bonds. The predicted molar refractivity (Wildman–Crippen MR) is 44.1 cm³/mol. The maximum Gasteiger partial charge on any atom is 0.254 e. The van der Waals surface area contributed by atoms with Crippen LogP contribution in [0.3, 0.4) is 0 Å². The maximum atomic E-state index is 11.2. The third kappa shape index (κ3) is 1.72. The molecule has 11 heavy (non-hydrogen) atoms. The van der Waals surface area contributed by atoms with Crippen LogP contribution < -0.4 is 0 Å². The van der Waals surface area contributed by atoms with Crippen molar-refractivity contribution in [3.8, 4) is 0 Å². The molecule has 1 saturated heterocycles. The van der Waals surface area contributed by atoms with Crippen molar-refractivity contribution in [3.63, 3.8) is 0 Å². The Morgan fingerprint density at radius 1 is 1.82 bits per heavy atom. The van der Waals surface area contributed by atoms with Gasteiger partial charge in [-0.05, 0) is 19.8 Å². The first kappa shape index (κ1) is 8.09. The van der Waals surface area contributed by atoms with Crippen molar-refractivity contribution in [2.45, 2.75) is 25.8 Å². The molecule has 0 aromatic rings. The van der Waals surface area contributed by atoms with Crippen molar-refractivity contribution in [2.24, 2.45) is 0 Å². The average Bonchev–Trinajstić information content (AvgIpc) is 2.36. The van der Waals surface area contributed by atoms with Gasteiger partial charge in [0, 0.05) is 18.7 Å². The molecule has 2 nitrogen and oxygen atoms in total. The Balaban J connectivity index is 2.59. The van der Waals surface area contributed by atoms with Crippen molar-refractivity contribution in [1.82, 2.24) is 4.90 Å². The number of carbonyl (C=O) groups is 1. The molecule has 1 rings (SSSR count).